The zero-order valence-electron chi connectivity index (χ0n) is 9.27. The first-order valence-electron chi connectivity index (χ1n) is 5.30. The first-order chi connectivity index (χ1) is 7.66. The summed E-state index contributed by atoms with van der Waals surface area (Å²) in [5.41, 5.74) is 0. The first-order valence-corrected chi connectivity index (χ1v) is 5.67. The van der Waals surface area contributed by atoms with Crippen molar-refractivity contribution in [3.8, 4) is 0 Å². The summed E-state index contributed by atoms with van der Waals surface area (Å²) in [6.45, 7) is 3.73. The van der Waals surface area contributed by atoms with Gasteiger partial charge in [0.1, 0.15) is 6.54 Å². The standard InChI is InChI=1S/C10H15ClN4O/c1-13-4-6-14(7-5-13)9(16)8-15-3-2-12-10(15)11/h2-3H,4-8H2,1H3. The second-order valence-corrected chi connectivity index (χ2v) is 4.35. The Bertz CT molecular complexity index is 371. The molecule has 0 unspecified atom stereocenters. The SMILES string of the molecule is CN1CCN(C(=O)Cn2ccnc2Cl)CC1. The van der Waals surface area contributed by atoms with Crippen molar-refractivity contribution < 1.29 is 4.79 Å². The minimum absolute atomic E-state index is 0.105. The fraction of sp³-hybridized carbons (Fsp3) is 0.600. The van der Waals surface area contributed by atoms with Crippen molar-refractivity contribution in [2.24, 2.45) is 0 Å². The fourth-order valence-corrected chi connectivity index (χ4v) is 1.90. The highest BCUT2D eigenvalue weighted by molar-refractivity contribution is 6.28. The number of likely N-dealkylation sites (N-methyl/N-ethyl adjacent to an activating group) is 1. The normalized spacial score (nSPS) is 17.8. The van der Waals surface area contributed by atoms with Crippen LogP contribution in [0.5, 0.6) is 0 Å². The highest BCUT2D eigenvalue weighted by atomic mass is 35.5. The van der Waals surface area contributed by atoms with E-state index in [1.165, 1.54) is 0 Å². The number of amides is 1. The number of carbonyl (C=O) groups is 1. The molecule has 1 aliphatic rings. The van der Waals surface area contributed by atoms with Crippen molar-refractivity contribution in [1.82, 2.24) is 19.4 Å². The zero-order valence-corrected chi connectivity index (χ0v) is 10.0. The summed E-state index contributed by atoms with van der Waals surface area (Å²) >= 11 is 5.82. The van der Waals surface area contributed by atoms with Crippen LogP contribution in [-0.4, -0.2) is 58.5 Å². The predicted molar refractivity (Wildman–Crippen MR) is 61.3 cm³/mol. The minimum atomic E-state index is 0.105. The summed E-state index contributed by atoms with van der Waals surface area (Å²) in [5.74, 6) is 0.105. The van der Waals surface area contributed by atoms with Gasteiger partial charge in [0, 0.05) is 38.6 Å². The molecule has 6 heteroatoms. The molecule has 0 saturated carbocycles. The zero-order chi connectivity index (χ0) is 11.5. The molecule has 16 heavy (non-hydrogen) atoms. The van der Waals surface area contributed by atoms with Crippen molar-refractivity contribution in [3.63, 3.8) is 0 Å². The van der Waals surface area contributed by atoms with E-state index in [9.17, 15) is 4.79 Å². The smallest absolute Gasteiger partial charge is 0.242 e. The fourth-order valence-electron chi connectivity index (χ4n) is 1.73. The monoisotopic (exact) mass is 242 g/mol. The molecule has 1 amide bonds. The minimum Gasteiger partial charge on any atom is -0.339 e. The molecule has 0 N–H and O–H groups in total. The molecule has 0 aliphatic carbocycles. The van der Waals surface area contributed by atoms with Gasteiger partial charge in [-0.15, -0.1) is 0 Å². The Kier molecular flexibility index (Phi) is 3.46. The highest BCUT2D eigenvalue weighted by Gasteiger charge is 2.19. The number of halogens is 1. The van der Waals surface area contributed by atoms with Gasteiger partial charge in [0.15, 0.2) is 0 Å². The average Bonchev–Trinajstić information content (AvgIpc) is 2.65. The Morgan fingerprint density at radius 3 is 2.69 bits per heavy atom. The third kappa shape index (κ3) is 2.54. The maximum Gasteiger partial charge on any atom is 0.242 e. The molecule has 0 aromatic carbocycles. The molecular weight excluding hydrogens is 228 g/mol. The number of nitrogens with zero attached hydrogens (tertiary/aromatic N) is 4. The van der Waals surface area contributed by atoms with Gasteiger partial charge in [0.25, 0.3) is 0 Å². The van der Waals surface area contributed by atoms with E-state index < -0.39 is 0 Å². The van der Waals surface area contributed by atoms with Gasteiger partial charge < -0.3 is 14.4 Å². The number of piperazine rings is 1. The van der Waals surface area contributed by atoms with Crippen molar-refractivity contribution in [2.75, 3.05) is 33.2 Å². The van der Waals surface area contributed by atoms with Crippen LogP contribution in [-0.2, 0) is 11.3 Å². The van der Waals surface area contributed by atoms with Crippen LogP contribution in [0.3, 0.4) is 0 Å². The third-order valence-electron chi connectivity index (χ3n) is 2.83. The second-order valence-electron chi connectivity index (χ2n) is 4.01. The summed E-state index contributed by atoms with van der Waals surface area (Å²) in [7, 11) is 2.06. The van der Waals surface area contributed by atoms with Crippen LogP contribution < -0.4 is 0 Å². The number of hydrogen-bond donors (Lipinski definition) is 0. The summed E-state index contributed by atoms with van der Waals surface area (Å²) in [6.07, 6.45) is 3.32. The summed E-state index contributed by atoms with van der Waals surface area (Å²) in [5, 5.41) is 0.363. The summed E-state index contributed by atoms with van der Waals surface area (Å²) in [4.78, 5) is 19.9. The van der Waals surface area contributed by atoms with Crippen molar-refractivity contribution >= 4 is 17.5 Å². The Balaban J connectivity index is 1.91. The van der Waals surface area contributed by atoms with E-state index in [0.29, 0.717) is 5.28 Å². The second kappa shape index (κ2) is 4.84. The molecule has 0 bridgehead atoms. The predicted octanol–water partition coefficient (Wildman–Crippen LogP) is 0.310. The van der Waals surface area contributed by atoms with Crippen LogP contribution in [0.2, 0.25) is 5.28 Å². The molecule has 88 valence electrons. The Hall–Kier alpha value is -1.07. The van der Waals surface area contributed by atoms with Crippen molar-refractivity contribution in [2.45, 2.75) is 6.54 Å². The molecule has 1 aromatic heterocycles. The maximum absolute atomic E-state index is 11.9. The van der Waals surface area contributed by atoms with Crippen LogP contribution in [0.15, 0.2) is 12.4 Å². The lowest BCUT2D eigenvalue weighted by molar-refractivity contribution is -0.133. The first kappa shape index (κ1) is 11.4. The van der Waals surface area contributed by atoms with E-state index in [4.69, 9.17) is 11.6 Å². The maximum atomic E-state index is 11.9. The van der Waals surface area contributed by atoms with Gasteiger partial charge in [-0.25, -0.2) is 4.98 Å². The number of hydrogen-bond acceptors (Lipinski definition) is 3. The van der Waals surface area contributed by atoms with Crippen molar-refractivity contribution in [1.29, 1.82) is 0 Å². The summed E-state index contributed by atoms with van der Waals surface area (Å²) in [6, 6.07) is 0. The molecule has 1 aliphatic heterocycles. The van der Waals surface area contributed by atoms with E-state index in [-0.39, 0.29) is 12.5 Å². The van der Waals surface area contributed by atoms with Gasteiger partial charge in [-0.05, 0) is 18.6 Å². The topological polar surface area (TPSA) is 41.4 Å². The highest BCUT2D eigenvalue weighted by Crippen LogP contribution is 2.07. The number of aromatic nitrogens is 2. The van der Waals surface area contributed by atoms with Crippen LogP contribution in [0.1, 0.15) is 0 Å². The lowest BCUT2D eigenvalue weighted by Gasteiger charge is -2.32. The van der Waals surface area contributed by atoms with Gasteiger partial charge in [-0.2, -0.15) is 0 Å². The molecule has 2 rings (SSSR count). The van der Waals surface area contributed by atoms with E-state index in [0.717, 1.165) is 26.2 Å². The third-order valence-corrected chi connectivity index (χ3v) is 3.14. The molecule has 0 spiro atoms. The van der Waals surface area contributed by atoms with Gasteiger partial charge in [-0.1, -0.05) is 0 Å². The number of carbonyl (C=O) groups excluding carboxylic acids is 1. The number of imidazole rings is 1. The lowest BCUT2D eigenvalue weighted by Crippen LogP contribution is -2.48. The van der Waals surface area contributed by atoms with Gasteiger partial charge in [-0.3, -0.25) is 4.79 Å². The van der Waals surface area contributed by atoms with Crippen LogP contribution in [0.4, 0.5) is 0 Å². The quantitative estimate of drug-likeness (QED) is 0.750. The van der Waals surface area contributed by atoms with Crippen LogP contribution >= 0.6 is 11.6 Å². The van der Waals surface area contributed by atoms with Gasteiger partial charge >= 0.3 is 0 Å². The molecule has 1 aromatic rings. The van der Waals surface area contributed by atoms with E-state index in [1.54, 1.807) is 17.0 Å². The van der Waals surface area contributed by atoms with E-state index in [2.05, 4.69) is 16.9 Å². The number of rotatable bonds is 2. The Morgan fingerprint density at radius 2 is 2.12 bits per heavy atom. The lowest BCUT2D eigenvalue weighted by atomic mass is 10.3. The van der Waals surface area contributed by atoms with Gasteiger partial charge in [0.05, 0.1) is 0 Å². The average molecular weight is 243 g/mol. The Morgan fingerprint density at radius 1 is 1.44 bits per heavy atom. The molecule has 0 radical (unpaired) electrons. The molecule has 1 saturated heterocycles. The van der Waals surface area contributed by atoms with Gasteiger partial charge in [0.2, 0.25) is 11.2 Å². The van der Waals surface area contributed by atoms with Crippen LogP contribution in [0, 0.1) is 0 Å². The molecule has 5 nitrogen and oxygen atoms in total. The van der Waals surface area contributed by atoms with E-state index in [1.807, 2.05) is 4.90 Å². The summed E-state index contributed by atoms with van der Waals surface area (Å²) < 4.78 is 1.65. The Labute approximate surface area is 99.6 Å². The van der Waals surface area contributed by atoms with Crippen molar-refractivity contribution in [3.05, 3.63) is 17.7 Å². The molecule has 0 atom stereocenters. The van der Waals surface area contributed by atoms with E-state index >= 15 is 0 Å². The molecule has 2 heterocycles. The largest absolute Gasteiger partial charge is 0.339 e. The molecular formula is C10H15ClN4O. The molecule has 1 fully saturated rings. The van der Waals surface area contributed by atoms with Crippen LogP contribution in [0.25, 0.3) is 0 Å².